The van der Waals surface area contributed by atoms with Crippen molar-refractivity contribution in [3.05, 3.63) is 35.1 Å². The van der Waals surface area contributed by atoms with Crippen LogP contribution in [0.1, 0.15) is 31.4 Å². The average Bonchev–Trinajstić information content (AvgIpc) is 2.43. The summed E-state index contributed by atoms with van der Waals surface area (Å²) < 4.78 is 13.3. The first-order valence-electron chi connectivity index (χ1n) is 7.33. The van der Waals surface area contributed by atoms with Gasteiger partial charge < -0.3 is 15.3 Å². The molecule has 1 aromatic rings. The second kappa shape index (κ2) is 6.66. The molecule has 1 aromatic carbocycles. The lowest BCUT2D eigenvalue weighted by Gasteiger charge is -2.40. The molecule has 0 aromatic heterocycles. The first-order valence-corrected chi connectivity index (χ1v) is 7.33. The highest BCUT2D eigenvalue weighted by Crippen LogP contribution is 2.21. The van der Waals surface area contributed by atoms with Gasteiger partial charge in [0.05, 0.1) is 6.61 Å². The van der Waals surface area contributed by atoms with E-state index in [0.717, 1.165) is 25.1 Å². The predicted octanol–water partition coefficient (Wildman–Crippen LogP) is 2.14. The number of aliphatic hydroxyl groups is 1. The smallest absolute Gasteiger partial charge is 0.128 e. The van der Waals surface area contributed by atoms with Crippen molar-refractivity contribution in [2.24, 2.45) is 5.92 Å². The molecule has 1 saturated heterocycles. The molecule has 0 bridgehead atoms. The molecule has 1 fully saturated rings. The van der Waals surface area contributed by atoms with Gasteiger partial charge in [-0.3, -0.25) is 0 Å². The molecule has 3 nitrogen and oxygen atoms in total. The minimum Gasteiger partial charge on any atom is -0.392 e. The summed E-state index contributed by atoms with van der Waals surface area (Å²) >= 11 is 0. The third-order valence-corrected chi connectivity index (χ3v) is 4.46. The van der Waals surface area contributed by atoms with Crippen molar-refractivity contribution in [1.29, 1.82) is 0 Å². The van der Waals surface area contributed by atoms with Crippen LogP contribution in [0.25, 0.3) is 0 Å². The molecule has 20 heavy (non-hydrogen) atoms. The molecule has 1 heterocycles. The zero-order valence-corrected chi connectivity index (χ0v) is 12.6. The summed E-state index contributed by atoms with van der Waals surface area (Å²) in [6.07, 6.45) is 1.13. The van der Waals surface area contributed by atoms with Gasteiger partial charge in [-0.2, -0.15) is 0 Å². The first kappa shape index (κ1) is 15.4. The highest BCUT2D eigenvalue weighted by atomic mass is 19.1. The number of aliphatic hydroxyl groups excluding tert-OH is 1. The molecule has 4 heteroatoms. The van der Waals surface area contributed by atoms with Gasteiger partial charge >= 0.3 is 0 Å². The summed E-state index contributed by atoms with van der Waals surface area (Å²) in [5, 5.41) is 12.7. The fourth-order valence-corrected chi connectivity index (χ4v) is 2.93. The third-order valence-electron chi connectivity index (χ3n) is 4.46. The molecule has 1 aliphatic rings. The van der Waals surface area contributed by atoms with Crippen molar-refractivity contribution in [3.63, 3.8) is 0 Å². The molecule has 2 rings (SSSR count). The summed E-state index contributed by atoms with van der Waals surface area (Å²) in [5.41, 5.74) is 1.39. The molecule has 0 radical (unpaired) electrons. The minimum absolute atomic E-state index is 0.249. The van der Waals surface area contributed by atoms with Crippen LogP contribution in [0.2, 0.25) is 0 Å². The van der Waals surface area contributed by atoms with Gasteiger partial charge in [0.1, 0.15) is 5.82 Å². The fraction of sp³-hybridized carbons (Fsp3) is 0.625. The fourth-order valence-electron chi connectivity index (χ4n) is 2.93. The van der Waals surface area contributed by atoms with Gasteiger partial charge in [-0.05, 0) is 44.0 Å². The largest absolute Gasteiger partial charge is 0.392 e. The first-order chi connectivity index (χ1) is 9.51. The Labute approximate surface area is 120 Å². The Balaban J connectivity index is 1.95. The predicted molar refractivity (Wildman–Crippen MR) is 78.8 cm³/mol. The van der Waals surface area contributed by atoms with Crippen LogP contribution in [0.5, 0.6) is 0 Å². The number of hydrogen-bond donors (Lipinski definition) is 2. The molecule has 1 aliphatic heterocycles. The Morgan fingerprint density at radius 2 is 2.15 bits per heavy atom. The summed E-state index contributed by atoms with van der Waals surface area (Å²) in [7, 11) is 2.17. The van der Waals surface area contributed by atoms with Crippen LogP contribution in [0.4, 0.5) is 4.39 Å². The summed E-state index contributed by atoms with van der Waals surface area (Å²) in [6.45, 7) is 6.09. The molecule has 0 amide bonds. The van der Waals surface area contributed by atoms with Gasteiger partial charge in [-0.15, -0.1) is 0 Å². The van der Waals surface area contributed by atoms with E-state index in [1.807, 2.05) is 0 Å². The van der Waals surface area contributed by atoms with Gasteiger partial charge in [0.15, 0.2) is 0 Å². The van der Waals surface area contributed by atoms with E-state index in [9.17, 15) is 4.39 Å². The number of rotatable bonds is 4. The molecule has 3 atom stereocenters. The quantitative estimate of drug-likeness (QED) is 0.887. The van der Waals surface area contributed by atoms with Crippen molar-refractivity contribution in [2.45, 2.75) is 45.5 Å². The molecule has 3 unspecified atom stereocenters. The SMILES string of the molecule is CC1CN(C)C(C)CC1NCc1ccc(F)c(CO)c1. The van der Waals surface area contributed by atoms with Crippen molar-refractivity contribution in [3.8, 4) is 0 Å². The summed E-state index contributed by atoms with van der Waals surface area (Å²) in [4.78, 5) is 2.39. The maximum atomic E-state index is 13.3. The Morgan fingerprint density at radius 3 is 2.85 bits per heavy atom. The Kier molecular flexibility index (Phi) is 5.13. The highest BCUT2D eigenvalue weighted by molar-refractivity contribution is 5.24. The second-order valence-electron chi connectivity index (χ2n) is 6.07. The van der Waals surface area contributed by atoms with Gasteiger partial charge in [-0.1, -0.05) is 13.0 Å². The van der Waals surface area contributed by atoms with Crippen molar-refractivity contribution < 1.29 is 9.50 Å². The molecule has 0 saturated carbocycles. The lowest BCUT2D eigenvalue weighted by molar-refractivity contribution is 0.121. The number of likely N-dealkylation sites (tertiary alicyclic amines) is 1. The minimum atomic E-state index is -0.336. The lowest BCUT2D eigenvalue weighted by atomic mass is 9.89. The number of hydrogen-bond acceptors (Lipinski definition) is 3. The Morgan fingerprint density at radius 1 is 1.40 bits per heavy atom. The van der Waals surface area contributed by atoms with Gasteiger partial charge in [0, 0.05) is 30.7 Å². The number of piperidine rings is 1. The van der Waals surface area contributed by atoms with Crippen LogP contribution in [-0.4, -0.2) is 35.7 Å². The van der Waals surface area contributed by atoms with E-state index in [1.165, 1.54) is 6.07 Å². The Bertz CT molecular complexity index is 452. The van der Waals surface area contributed by atoms with Crippen LogP contribution in [0, 0.1) is 11.7 Å². The monoisotopic (exact) mass is 280 g/mol. The molecule has 0 aliphatic carbocycles. The van der Waals surface area contributed by atoms with Crippen molar-refractivity contribution in [2.75, 3.05) is 13.6 Å². The normalized spacial score (nSPS) is 27.8. The molecule has 2 N–H and O–H groups in total. The van der Waals surface area contributed by atoms with Gasteiger partial charge in [0.25, 0.3) is 0 Å². The van der Waals surface area contributed by atoms with Gasteiger partial charge in [0.2, 0.25) is 0 Å². The topological polar surface area (TPSA) is 35.5 Å². The standard InChI is InChI=1S/C16H25FN2O/c1-11-9-19(3)12(2)6-16(11)18-8-13-4-5-15(17)14(7-13)10-20/h4-5,7,11-12,16,18,20H,6,8-10H2,1-3H3. The number of benzene rings is 1. The molecular formula is C16H25FN2O. The zero-order chi connectivity index (χ0) is 14.7. The molecule has 112 valence electrons. The zero-order valence-electron chi connectivity index (χ0n) is 12.6. The van der Waals surface area contributed by atoms with E-state index in [0.29, 0.717) is 23.6 Å². The van der Waals surface area contributed by atoms with E-state index in [-0.39, 0.29) is 12.4 Å². The average molecular weight is 280 g/mol. The molecule has 0 spiro atoms. The Hall–Kier alpha value is -0.970. The number of halogens is 1. The van der Waals surface area contributed by atoms with Crippen LogP contribution in [0.3, 0.4) is 0 Å². The highest BCUT2D eigenvalue weighted by Gasteiger charge is 2.28. The van der Waals surface area contributed by atoms with Crippen LogP contribution in [0.15, 0.2) is 18.2 Å². The van der Waals surface area contributed by atoms with Crippen LogP contribution < -0.4 is 5.32 Å². The van der Waals surface area contributed by atoms with Gasteiger partial charge in [-0.25, -0.2) is 4.39 Å². The number of nitrogens with one attached hydrogen (secondary N) is 1. The van der Waals surface area contributed by atoms with Crippen LogP contribution in [-0.2, 0) is 13.2 Å². The maximum absolute atomic E-state index is 13.3. The van der Waals surface area contributed by atoms with E-state index in [4.69, 9.17) is 5.11 Å². The summed E-state index contributed by atoms with van der Waals surface area (Å²) in [6, 6.07) is 6.04. The van der Waals surface area contributed by atoms with E-state index in [2.05, 4.69) is 31.1 Å². The second-order valence-corrected chi connectivity index (χ2v) is 6.07. The third kappa shape index (κ3) is 3.57. The summed E-state index contributed by atoms with van der Waals surface area (Å²) in [5.74, 6) is 0.270. The van der Waals surface area contributed by atoms with E-state index in [1.54, 1.807) is 12.1 Å². The molecular weight excluding hydrogens is 255 g/mol. The number of nitrogens with zero attached hydrogens (tertiary/aromatic N) is 1. The van der Waals surface area contributed by atoms with Crippen LogP contribution >= 0.6 is 0 Å². The van der Waals surface area contributed by atoms with Crippen molar-refractivity contribution in [1.82, 2.24) is 10.2 Å². The van der Waals surface area contributed by atoms with E-state index >= 15 is 0 Å². The lowest BCUT2D eigenvalue weighted by Crippen LogP contribution is -2.50. The van der Waals surface area contributed by atoms with Crippen molar-refractivity contribution >= 4 is 0 Å². The maximum Gasteiger partial charge on any atom is 0.128 e. The van der Waals surface area contributed by atoms with E-state index < -0.39 is 0 Å².